The monoisotopic (exact) mass is 358 g/mol. The minimum atomic E-state index is -0.350. The van der Waals surface area contributed by atoms with Crippen molar-refractivity contribution in [2.24, 2.45) is 5.73 Å². The minimum Gasteiger partial charge on any atom is -0.353 e. The van der Waals surface area contributed by atoms with Crippen molar-refractivity contribution < 1.29 is 4.79 Å². The van der Waals surface area contributed by atoms with Crippen LogP contribution >= 0.6 is 15.9 Å². The first-order valence-electron chi connectivity index (χ1n) is 7.47. The van der Waals surface area contributed by atoms with Gasteiger partial charge in [0.05, 0.1) is 5.41 Å². The van der Waals surface area contributed by atoms with Gasteiger partial charge in [-0.25, -0.2) is 0 Å². The van der Waals surface area contributed by atoms with Gasteiger partial charge in [0.25, 0.3) is 0 Å². The van der Waals surface area contributed by atoms with Crippen molar-refractivity contribution in [3.8, 4) is 0 Å². The summed E-state index contributed by atoms with van der Waals surface area (Å²) in [5.74, 6) is 0.0844. The normalized spacial score (nSPS) is 16.8. The average molecular weight is 359 g/mol. The van der Waals surface area contributed by atoms with E-state index in [1.807, 2.05) is 54.6 Å². The lowest BCUT2D eigenvalue weighted by Gasteiger charge is -2.18. The van der Waals surface area contributed by atoms with E-state index in [4.69, 9.17) is 5.73 Å². The molecule has 0 bridgehead atoms. The van der Waals surface area contributed by atoms with Crippen LogP contribution in [0, 0.1) is 0 Å². The van der Waals surface area contributed by atoms with E-state index in [1.165, 1.54) is 0 Å². The number of carbonyl (C=O) groups excluding carboxylic acids is 1. The van der Waals surface area contributed by atoms with Crippen LogP contribution in [0.4, 0.5) is 0 Å². The zero-order chi connectivity index (χ0) is 15.6. The zero-order valence-electron chi connectivity index (χ0n) is 12.3. The molecule has 114 valence electrons. The number of hydrogen-bond donors (Lipinski definition) is 2. The lowest BCUT2D eigenvalue weighted by molar-refractivity contribution is -0.123. The fourth-order valence-electron chi connectivity index (χ4n) is 2.73. The van der Waals surface area contributed by atoms with Gasteiger partial charge >= 0.3 is 0 Å². The Labute approximate surface area is 139 Å². The van der Waals surface area contributed by atoms with E-state index in [-0.39, 0.29) is 17.4 Å². The fourth-order valence-corrected chi connectivity index (χ4v) is 3.00. The summed E-state index contributed by atoms with van der Waals surface area (Å²) in [4.78, 5) is 12.6. The van der Waals surface area contributed by atoms with Crippen molar-refractivity contribution in [1.82, 2.24) is 5.32 Å². The lowest BCUT2D eigenvalue weighted by atomic mass is 9.95. The molecule has 0 spiro atoms. The van der Waals surface area contributed by atoms with Gasteiger partial charge in [-0.3, -0.25) is 4.79 Å². The third kappa shape index (κ3) is 3.08. The fraction of sp³-hybridized carbons (Fsp3) is 0.278. The second-order valence-corrected chi connectivity index (χ2v) is 6.73. The molecule has 3 nitrogen and oxygen atoms in total. The van der Waals surface area contributed by atoms with Gasteiger partial charge in [0.2, 0.25) is 5.91 Å². The third-order valence-electron chi connectivity index (χ3n) is 4.29. The first-order valence-corrected chi connectivity index (χ1v) is 8.26. The van der Waals surface area contributed by atoms with Crippen LogP contribution < -0.4 is 11.1 Å². The van der Waals surface area contributed by atoms with E-state index >= 15 is 0 Å². The first-order chi connectivity index (χ1) is 10.6. The van der Waals surface area contributed by atoms with Crippen LogP contribution in [-0.4, -0.2) is 12.5 Å². The average Bonchev–Trinajstić information content (AvgIpc) is 3.35. The van der Waals surface area contributed by atoms with E-state index < -0.39 is 0 Å². The summed E-state index contributed by atoms with van der Waals surface area (Å²) in [6.45, 7) is 0.459. The molecule has 4 heteroatoms. The van der Waals surface area contributed by atoms with Gasteiger partial charge in [0.1, 0.15) is 0 Å². The van der Waals surface area contributed by atoms with Gasteiger partial charge in [-0.2, -0.15) is 0 Å². The summed E-state index contributed by atoms with van der Waals surface area (Å²) in [7, 11) is 0. The lowest BCUT2D eigenvalue weighted by Crippen LogP contribution is -2.38. The molecule has 1 saturated carbocycles. The van der Waals surface area contributed by atoms with Crippen LogP contribution in [-0.2, 0) is 10.2 Å². The first kappa shape index (κ1) is 15.3. The quantitative estimate of drug-likeness (QED) is 0.861. The Morgan fingerprint density at radius 1 is 1.14 bits per heavy atom. The van der Waals surface area contributed by atoms with Gasteiger partial charge in [-0.05, 0) is 36.1 Å². The molecule has 3 N–H and O–H groups in total. The zero-order valence-corrected chi connectivity index (χ0v) is 13.8. The topological polar surface area (TPSA) is 55.1 Å². The number of nitrogens with one attached hydrogen (secondary N) is 1. The molecule has 0 radical (unpaired) electrons. The van der Waals surface area contributed by atoms with Crippen LogP contribution in [0.3, 0.4) is 0 Å². The minimum absolute atomic E-state index is 0.0844. The van der Waals surface area contributed by atoms with Crippen molar-refractivity contribution >= 4 is 21.8 Å². The van der Waals surface area contributed by atoms with Gasteiger partial charge in [0, 0.05) is 17.1 Å². The number of rotatable bonds is 5. The molecular weight excluding hydrogens is 340 g/mol. The number of nitrogens with two attached hydrogens (primary N) is 1. The molecule has 0 heterocycles. The molecular formula is C18H19BrN2O. The Balaban J connectivity index is 1.64. The number of carbonyl (C=O) groups is 1. The second-order valence-electron chi connectivity index (χ2n) is 5.82. The molecule has 0 saturated heterocycles. The highest BCUT2D eigenvalue weighted by atomic mass is 79.9. The molecule has 1 atom stereocenters. The Morgan fingerprint density at radius 3 is 2.36 bits per heavy atom. The van der Waals surface area contributed by atoms with Crippen LogP contribution in [0.5, 0.6) is 0 Å². The van der Waals surface area contributed by atoms with Crippen LogP contribution in [0.2, 0.25) is 0 Å². The molecule has 1 aliphatic carbocycles. The summed E-state index contributed by atoms with van der Waals surface area (Å²) >= 11 is 3.43. The third-order valence-corrected chi connectivity index (χ3v) is 4.82. The van der Waals surface area contributed by atoms with Crippen molar-refractivity contribution in [2.45, 2.75) is 24.3 Å². The van der Waals surface area contributed by atoms with Crippen molar-refractivity contribution in [3.05, 3.63) is 70.2 Å². The molecule has 2 aromatic rings. The summed E-state index contributed by atoms with van der Waals surface area (Å²) in [5.41, 5.74) is 7.92. The number of hydrogen-bond acceptors (Lipinski definition) is 2. The standard InChI is InChI=1S/C18H19BrN2O/c19-15-8-6-14(7-9-15)18(10-11-18)17(22)21-12-16(20)13-4-2-1-3-5-13/h1-9,16H,10-12,20H2,(H,21,22). The van der Waals surface area contributed by atoms with Crippen LogP contribution in [0.1, 0.15) is 30.0 Å². The van der Waals surface area contributed by atoms with Crippen molar-refractivity contribution in [3.63, 3.8) is 0 Å². The second kappa shape index (κ2) is 6.23. The van der Waals surface area contributed by atoms with Gasteiger partial charge in [-0.1, -0.05) is 58.4 Å². The largest absolute Gasteiger partial charge is 0.353 e. The van der Waals surface area contributed by atoms with Crippen LogP contribution in [0.25, 0.3) is 0 Å². The summed E-state index contributed by atoms with van der Waals surface area (Å²) in [5, 5.41) is 3.02. The maximum Gasteiger partial charge on any atom is 0.230 e. The molecule has 3 rings (SSSR count). The highest BCUT2D eigenvalue weighted by Gasteiger charge is 2.51. The summed E-state index contributed by atoms with van der Waals surface area (Å²) < 4.78 is 1.03. The maximum atomic E-state index is 12.6. The van der Waals surface area contributed by atoms with Crippen molar-refractivity contribution in [1.29, 1.82) is 0 Å². The molecule has 1 fully saturated rings. The van der Waals surface area contributed by atoms with E-state index in [0.29, 0.717) is 6.54 Å². The smallest absolute Gasteiger partial charge is 0.230 e. The Hall–Kier alpha value is -1.65. The molecule has 0 aliphatic heterocycles. The molecule has 1 unspecified atom stereocenters. The molecule has 0 aromatic heterocycles. The Kier molecular flexibility index (Phi) is 4.32. The van der Waals surface area contributed by atoms with E-state index in [9.17, 15) is 4.79 Å². The van der Waals surface area contributed by atoms with E-state index in [1.54, 1.807) is 0 Å². The van der Waals surface area contributed by atoms with E-state index in [0.717, 1.165) is 28.4 Å². The molecule has 1 amide bonds. The van der Waals surface area contributed by atoms with Crippen LogP contribution in [0.15, 0.2) is 59.1 Å². The predicted molar refractivity (Wildman–Crippen MR) is 91.4 cm³/mol. The van der Waals surface area contributed by atoms with E-state index in [2.05, 4.69) is 21.2 Å². The number of benzene rings is 2. The van der Waals surface area contributed by atoms with Gasteiger partial charge < -0.3 is 11.1 Å². The highest BCUT2D eigenvalue weighted by molar-refractivity contribution is 9.10. The van der Waals surface area contributed by atoms with Crippen molar-refractivity contribution in [2.75, 3.05) is 6.54 Å². The molecule has 2 aromatic carbocycles. The predicted octanol–water partition coefficient (Wildman–Crippen LogP) is 3.30. The Bertz CT molecular complexity index is 651. The van der Waals surface area contributed by atoms with Gasteiger partial charge in [-0.15, -0.1) is 0 Å². The Morgan fingerprint density at radius 2 is 1.77 bits per heavy atom. The highest BCUT2D eigenvalue weighted by Crippen LogP contribution is 2.48. The molecule has 22 heavy (non-hydrogen) atoms. The summed E-state index contributed by atoms with van der Waals surface area (Å²) in [6.07, 6.45) is 1.81. The number of halogens is 1. The maximum absolute atomic E-state index is 12.6. The number of amides is 1. The SMILES string of the molecule is NC(CNC(=O)C1(c2ccc(Br)cc2)CC1)c1ccccc1. The van der Waals surface area contributed by atoms with Gasteiger partial charge in [0.15, 0.2) is 0 Å². The molecule has 1 aliphatic rings. The summed E-state index contributed by atoms with van der Waals surface area (Å²) in [6, 6.07) is 17.7.